The molecule has 1 atom stereocenters. The molecule has 2 aromatic carbocycles. The topological polar surface area (TPSA) is 66.8 Å². The van der Waals surface area contributed by atoms with Crippen molar-refractivity contribution >= 4 is 5.78 Å². The molecule has 20 heavy (non-hydrogen) atoms. The summed E-state index contributed by atoms with van der Waals surface area (Å²) in [5, 5.41) is 19.2. The van der Waals surface area contributed by atoms with E-state index in [1.54, 1.807) is 0 Å². The number of benzene rings is 2. The molecule has 0 spiro atoms. The maximum atomic E-state index is 12.4. The largest absolute Gasteiger partial charge is 0.508 e. The van der Waals surface area contributed by atoms with Crippen LogP contribution in [0.5, 0.6) is 17.2 Å². The van der Waals surface area contributed by atoms with Gasteiger partial charge in [-0.25, -0.2) is 0 Å². The van der Waals surface area contributed by atoms with E-state index in [0.717, 1.165) is 11.6 Å². The second kappa shape index (κ2) is 5.94. The molecule has 1 unspecified atom stereocenters. The van der Waals surface area contributed by atoms with Crippen molar-refractivity contribution in [2.75, 3.05) is 6.61 Å². The molecule has 3 rings (SSSR count). The van der Waals surface area contributed by atoms with Crippen LogP contribution in [-0.4, -0.2) is 22.6 Å². The van der Waals surface area contributed by atoms with E-state index in [4.69, 9.17) is 4.74 Å². The van der Waals surface area contributed by atoms with Crippen LogP contribution >= 0.6 is 0 Å². The molecule has 2 N–H and O–H groups in total. The number of carbonyl (C=O) groups excluding carboxylic acids is 1. The van der Waals surface area contributed by atoms with E-state index in [0.29, 0.717) is 0 Å². The van der Waals surface area contributed by atoms with E-state index in [1.165, 1.54) is 6.07 Å². The van der Waals surface area contributed by atoms with Crippen LogP contribution in [0, 0.1) is 0 Å². The summed E-state index contributed by atoms with van der Waals surface area (Å²) < 4.78 is 5.48. The van der Waals surface area contributed by atoms with Crippen LogP contribution in [0.25, 0.3) is 0 Å². The fraction of sp³-hybridized carbons (Fsp3) is 0.133. The Balaban J connectivity index is 0.00000147. The Bertz CT molecular complexity index is 640. The first-order valence-electron chi connectivity index (χ1n) is 5.95. The molecule has 0 aliphatic carbocycles. The van der Waals surface area contributed by atoms with Crippen LogP contribution in [0.2, 0.25) is 0 Å². The number of fused-ring (bicyclic) bond motifs is 1. The van der Waals surface area contributed by atoms with Crippen molar-refractivity contribution in [3.63, 3.8) is 0 Å². The summed E-state index contributed by atoms with van der Waals surface area (Å²) in [5.41, 5.74) is 0.989. The van der Waals surface area contributed by atoms with Crippen molar-refractivity contribution in [1.29, 1.82) is 0 Å². The van der Waals surface area contributed by atoms with Gasteiger partial charge in [0.1, 0.15) is 29.4 Å². The maximum Gasteiger partial charge on any atom is 0.181 e. The van der Waals surface area contributed by atoms with Crippen LogP contribution in [-0.2, 0) is 32.7 Å². The number of carbonyl (C=O) groups is 1. The molecule has 0 saturated heterocycles. The Morgan fingerprint density at radius 1 is 1.10 bits per heavy atom. The second-order valence-electron chi connectivity index (χ2n) is 4.48. The molecule has 99 valence electrons. The normalized spacial score (nSPS) is 16.8. The van der Waals surface area contributed by atoms with E-state index in [-0.39, 0.29) is 67.9 Å². The number of Topliss-reactive ketones (excluding diaryl/α,β-unsaturated/α-hetero) is 1. The minimum atomic E-state index is -0.427. The van der Waals surface area contributed by atoms with Crippen LogP contribution in [0.3, 0.4) is 0 Å². The molecular weight excluding hydrogens is 333 g/mol. The molecule has 0 bridgehead atoms. The van der Waals surface area contributed by atoms with Gasteiger partial charge in [0, 0.05) is 44.8 Å². The average Bonchev–Trinajstić information content (AvgIpc) is 2.39. The molecule has 2 aromatic rings. The third kappa shape index (κ3) is 2.58. The number of phenolic OH excluding ortho intramolecular Hbond substituents is 2. The number of hydrogen-bond acceptors (Lipinski definition) is 4. The first-order chi connectivity index (χ1) is 9.16. The molecule has 0 aromatic heterocycles. The Hall–Kier alpha value is -1.39. The third-order valence-corrected chi connectivity index (χ3v) is 3.24. The van der Waals surface area contributed by atoms with E-state index in [9.17, 15) is 15.0 Å². The Kier molecular flexibility index (Phi) is 4.46. The number of phenols is 2. The standard InChI is InChI=1S/C15H12O4.Y/c16-10-6-12(17)14-13(7-10)19-8-11(15(14)18)9-4-2-1-3-5-9;/h1-7,11,16-17H,8H2;. The van der Waals surface area contributed by atoms with Crippen molar-refractivity contribution in [2.24, 2.45) is 0 Å². The summed E-state index contributed by atoms with van der Waals surface area (Å²) >= 11 is 0. The second-order valence-corrected chi connectivity index (χ2v) is 4.48. The Morgan fingerprint density at radius 3 is 2.50 bits per heavy atom. The monoisotopic (exact) mass is 345 g/mol. The summed E-state index contributed by atoms with van der Waals surface area (Å²) in [6.45, 7) is 0.207. The van der Waals surface area contributed by atoms with Gasteiger partial charge >= 0.3 is 0 Å². The molecular formula is C15H12O4Y. The maximum absolute atomic E-state index is 12.4. The number of rotatable bonds is 1. The average molecular weight is 345 g/mol. The minimum absolute atomic E-state index is 0. The fourth-order valence-corrected chi connectivity index (χ4v) is 2.30. The zero-order chi connectivity index (χ0) is 13.4. The van der Waals surface area contributed by atoms with Gasteiger partial charge in [0.2, 0.25) is 0 Å². The van der Waals surface area contributed by atoms with Crippen molar-refractivity contribution < 1.29 is 52.5 Å². The molecule has 4 nitrogen and oxygen atoms in total. The van der Waals surface area contributed by atoms with Gasteiger partial charge < -0.3 is 14.9 Å². The molecule has 1 radical (unpaired) electrons. The number of ketones is 1. The first-order valence-corrected chi connectivity index (χ1v) is 5.95. The van der Waals surface area contributed by atoms with Gasteiger partial charge in [-0.1, -0.05) is 30.3 Å². The van der Waals surface area contributed by atoms with Gasteiger partial charge in [0.05, 0.1) is 5.92 Å². The molecule has 1 aliphatic heterocycles. The number of hydrogen-bond donors (Lipinski definition) is 2. The van der Waals surface area contributed by atoms with Crippen molar-refractivity contribution in [2.45, 2.75) is 5.92 Å². The quantitative estimate of drug-likeness (QED) is 0.833. The summed E-state index contributed by atoms with van der Waals surface area (Å²) in [4.78, 5) is 12.4. The Labute approximate surface area is 141 Å². The number of ether oxygens (including phenoxy) is 1. The zero-order valence-electron chi connectivity index (χ0n) is 10.6. The van der Waals surface area contributed by atoms with Crippen LogP contribution < -0.4 is 4.74 Å². The first kappa shape index (κ1) is 15.0. The van der Waals surface area contributed by atoms with E-state index >= 15 is 0 Å². The van der Waals surface area contributed by atoms with E-state index < -0.39 is 5.92 Å². The van der Waals surface area contributed by atoms with Gasteiger partial charge in [-0.05, 0) is 5.56 Å². The van der Waals surface area contributed by atoms with Crippen LogP contribution in [0.1, 0.15) is 21.8 Å². The van der Waals surface area contributed by atoms with E-state index in [1.807, 2.05) is 30.3 Å². The van der Waals surface area contributed by atoms with E-state index in [2.05, 4.69) is 0 Å². The van der Waals surface area contributed by atoms with Crippen molar-refractivity contribution in [3.05, 3.63) is 53.6 Å². The fourth-order valence-electron chi connectivity index (χ4n) is 2.30. The van der Waals surface area contributed by atoms with Crippen molar-refractivity contribution in [1.82, 2.24) is 0 Å². The predicted molar refractivity (Wildman–Crippen MR) is 68.8 cm³/mol. The molecule has 1 heterocycles. The molecule has 1 aliphatic rings. The SMILES string of the molecule is O=C1c2c(O)cc(O)cc2OCC1c1ccccc1.[Y]. The van der Waals surface area contributed by atoms with Crippen LogP contribution in [0.15, 0.2) is 42.5 Å². The summed E-state index contributed by atoms with van der Waals surface area (Å²) in [5.74, 6) is -0.758. The van der Waals surface area contributed by atoms with Gasteiger partial charge in [0.25, 0.3) is 0 Å². The third-order valence-electron chi connectivity index (χ3n) is 3.24. The minimum Gasteiger partial charge on any atom is -0.508 e. The summed E-state index contributed by atoms with van der Waals surface area (Å²) in [7, 11) is 0. The van der Waals surface area contributed by atoms with Gasteiger partial charge in [-0.2, -0.15) is 0 Å². The zero-order valence-corrected chi connectivity index (χ0v) is 13.5. The van der Waals surface area contributed by atoms with Gasteiger partial charge in [-0.15, -0.1) is 0 Å². The molecule has 0 fully saturated rings. The molecule has 0 saturated carbocycles. The summed E-state index contributed by atoms with van der Waals surface area (Å²) in [6.07, 6.45) is 0. The molecule has 5 heteroatoms. The Morgan fingerprint density at radius 2 is 1.80 bits per heavy atom. The summed E-state index contributed by atoms with van der Waals surface area (Å²) in [6, 6.07) is 11.8. The predicted octanol–water partition coefficient (Wildman–Crippen LogP) is 2.45. The smallest absolute Gasteiger partial charge is 0.181 e. The van der Waals surface area contributed by atoms with Gasteiger partial charge in [-0.3, -0.25) is 4.79 Å². The van der Waals surface area contributed by atoms with Crippen LogP contribution in [0.4, 0.5) is 0 Å². The number of aromatic hydroxyl groups is 2. The van der Waals surface area contributed by atoms with Crippen molar-refractivity contribution in [3.8, 4) is 17.2 Å². The van der Waals surface area contributed by atoms with Gasteiger partial charge in [0.15, 0.2) is 5.78 Å². The molecule has 0 amide bonds.